The minimum atomic E-state index is -0.292. The predicted octanol–water partition coefficient (Wildman–Crippen LogP) is 3.19. The minimum Gasteiger partial charge on any atom is -0.392 e. The van der Waals surface area contributed by atoms with E-state index in [9.17, 15) is 14.7 Å². The first kappa shape index (κ1) is 30.8. The fraction of sp³-hybridized carbons (Fsp3) is 0.444. The number of rotatable bonds is 7. The maximum absolute atomic E-state index is 13.9. The van der Waals surface area contributed by atoms with Crippen LogP contribution in [0.3, 0.4) is 0 Å². The highest BCUT2D eigenvalue weighted by atomic mass is 16.5. The molecule has 48 heavy (non-hydrogen) atoms. The van der Waals surface area contributed by atoms with Crippen molar-refractivity contribution in [2.75, 3.05) is 61.1 Å². The van der Waals surface area contributed by atoms with E-state index >= 15 is 0 Å². The Morgan fingerprint density at radius 1 is 1.00 bits per heavy atom. The number of aliphatic hydroxyl groups excluding tert-OH is 1. The zero-order chi connectivity index (χ0) is 33.2. The molecule has 0 unspecified atom stereocenters. The Morgan fingerprint density at radius 2 is 1.81 bits per heavy atom. The maximum atomic E-state index is 13.9. The minimum absolute atomic E-state index is 0.0886. The number of nitrogens with zero attached hydrogens (tertiary/aromatic N) is 7. The Morgan fingerprint density at radius 3 is 2.52 bits per heavy atom. The Labute approximate surface area is 279 Å². The van der Waals surface area contributed by atoms with Gasteiger partial charge in [-0.3, -0.25) is 19.5 Å². The molecule has 0 spiro atoms. The largest absolute Gasteiger partial charge is 0.392 e. The lowest BCUT2D eigenvalue weighted by Crippen LogP contribution is -2.56. The second-order valence-corrected chi connectivity index (χ2v) is 14.3. The fourth-order valence-electron chi connectivity index (χ4n) is 7.78. The third-order valence-electron chi connectivity index (χ3n) is 10.4. The summed E-state index contributed by atoms with van der Waals surface area (Å²) < 4.78 is 9.04. The van der Waals surface area contributed by atoms with E-state index in [1.54, 1.807) is 36.6 Å². The molecule has 4 aromatic heterocycles. The first-order valence-electron chi connectivity index (χ1n) is 16.8. The second-order valence-electron chi connectivity index (χ2n) is 14.3. The van der Waals surface area contributed by atoms with Crippen molar-refractivity contribution in [2.24, 2.45) is 12.5 Å². The van der Waals surface area contributed by atoms with E-state index in [-0.39, 0.29) is 23.5 Å². The SMILES string of the molecule is Cn1cc(-c2cncc(N3CCn4c(cc5c4CC(C)(C)C5)C3=O)c2CO)cc(Nc2ccc(N3CCN(C4COC4)CC3)cn2)c1=O. The highest BCUT2D eigenvalue weighted by Gasteiger charge is 2.37. The van der Waals surface area contributed by atoms with Crippen LogP contribution in [0.2, 0.25) is 0 Å². The number of pyridine rings is 3. The van der Waals surface area contributed by atoms with Crippen LogP contribution in [0.4, 0.5) is 22.9 Å². The molecule has 1 aliphatic carbocycles. The molecule has 0 radical (unpaired) electrons. The predicted molar refractivity (Wildman–Crippen MR) is 184 cm³/mol. The van der Waals surface area contributed by atoms with Gasteiger partial charge in [0.15, 0.2) is 0 Å². The van der Waals surface area contributed by atoms with Crippen molar-refractivity contribution in [3.05, 3.63) is 81.9 Å². The van der Waals surface area contributed by atoms with Gasteiger partial charge in [0.2, 0.25) is 0 Å². The Balaban J connectivity index is 1.03. The number of piperazine rings is 1. The molecule has 0 aromatic carbocycles. The van der Waals surface area contributed by atoms with E-state index in [0.29, 0.717) is 58.7 Å². The summed E-state index contributed by atoms with van der Waals surface area (Å²) in [4.78, 5) is 42.8. The number of carbonyl (C=O) groups excluding carboxylic acids is 1. The van der Waals surface area contributed by atoms with Crippen molar-refractivity contribution < 1.29 is 14.6 Å². The van der Waals surface area contributed by atoms with Gasteiger partial charge in [-0.1, -0.05) is 13.8 Å². The molecular formula is C36H42N8O4. The first-order valence-corrected chi connectivity index (χ1v) is 16.8. The van der Waals surface area contributed by atoms with E-state index in [2.05, 4.69) is 43.5 Å². The summed E-state index contributed by atoms with van der Waals surface area (Å²) in [7, 11) is 1.70. The third kappa shape index (κ3) is 5.37. The lowest BCUT2D eigenvalue weighted by Gasteiger charge is -2.43. The van der Waals surface area contributed by atoms with Crippen molar-refractivity contribution in [3.63, 3.8) is 0 Å². The second kappa shape index (κ2) is 11.9. The fourth-order valence-corrected chi connectivity index (χ4v) is 7.78. The zero-order valence-corrected chi connectivity index (χ0v) is 27.8. The van der Waals surface area contributed by atoms with Crippen LogP contribution in [-0.2, 0) is 37.8 Å². The van der Waals surface area contributed by atoms with Crippen molar-refractivity contribution >= 4 is 28.8 Å². The van der Waals surface area contributed by atoms with Crippen molar-refractivity contribution in [3.8, 4) is 11.1 Å². The Bertz CT molecular complexity index is 1940. The van der Waals surface area contributed by atoms with Gasteiger partial charge in [0.25, 0.3) is 11.5 Å². The van der Waals surface area contributed by atoms with E-state index < -0.39 is 0 Å². The van der Waals surface area contributed by atoms with Gasteiger partial charge in [-0.15, -0.1) is 0 Å². The number of fused-ring (bicyclic) bond motifs is 3. The van der Waals surface area contributed by atoms with Gasteiger partial charge in [-0.25, -0.2) is 4.98 Å². The number of ether oxygens (including phenoxy) is 1. The van der Waals surface area contributed by atoms with Gasteiger partial charge < -0.3 is 34.1 Å². The molecule has 1 amide bonds. The van der Waals surface area contributed by atoms with Gasteiger partial charge >= 0.3 is 0 Å². The quantitative estimate of drug-likeness (QED) is 0.311. The molecule has 0 bridgehead atoms. The van der Waals surface area contributed by atoms with Crippen LogP contribution < -0.4 is 20.7 Å². The van der Waals surface area contributed by atoms with E-state index in [1.165, 1.54) is 15.8 Å². The first-order chi connectivity index (χ1) is 23.2. The molecule has 0 atom stereocenters. The molecular weight excluding hydrogens is 608 g/mol. The van der Waals surface area contributed by atoms with Gasteiger partial charge in [-0.05, 0) is 48.1 Å². The smallest absolute Gasteiger partial charge is 0.275 e. The van der Waals surface area contributed by atoms with Crippen LogP contribution in [-0.4, -0.2) is 87.0 Å². The summed E-state index contributed by atoms with van der Waals surface area (Å²) in [6.07, 6.45) is 8.83. The molecule has 2 fully saturated rings. The van der Waals surface area contributed by atoms with Crippen molar-refractivity contribution in [1.29, 1.82) is 0 Å². The monoisotopic (exact) mass is 650 g/mol. The van der Waals surface area contributed by atoms with Gasteiger partial charge in [0, 0.05) is 81.1 Å². The van der Waals surface area contributed by atoms with Gasteiger partial charge in [0.05, 0.1) is 49.6 Å². The highest BCUT2D eigenvalue weighted by Crippen LogP contribution is 2.40. The highest BCUT2D eigenvalue weighted by molar-refractivity contribution is 6.07. The molecule has 4 aromatic rings. The van der Waals surface area contributed by atoms with Crippen LogP contribution in [0.5, 0.6) is 0 Å². The average molecular weight is 651 g/mol. The van der Waals surface area contributed by atoms with Crippen molar-refractivity contribution in [2.45, 2.75) is 45.9 Å². The number of aromatic nitrogens is 4. The number of hydrogen-bond acceptors (Lipinski definition) is 9. The standard InChI is InChI=1S/C36H42N8O4/c1-36(2)14-23-13-30-35(47)44(11-10-43(30)31(23)15-36)32-18-37-17-27(28(32)20-45)24-12-29(34(46)40(3)19-24)39-33-5-4-25(16-38-33)41-6-8-42(9-7-41)26-21-48-22-26/h4-5,12-13,16-19,26,45H,6-11,14-15,20-22H2,1-3H3,(H,38,39). The third-order valence-corrected chi connectivity index (χ3v) is 10.4. The summed E-state index contributed by atoms with van der Waals surface area (Å²) in [6, 6.07) is 8.28. The number of aryl methyl sites for hydroxylation is 1. The van der Waals surface area contributed by atoms with Crippen LogP contribution in [0.1, 0.15) is 41.2 Å². The molecule has 3 aliphatic heterocycles. The Hall–Kier alpha value is -4.52. The summed E-state index contributed by atoms with van der Waals surface area (Å²) in [5, 5.41) is 13.9. The number of amides is 1. The average Bonchev–Trinajstić information content (AvgIpc) is 3.55. The molecule has 0 saturated carbocycles. The number of aliphatic hydroxyl groups is 1. The molecule has 12 nitrogen and oxygen atoms in total. The number of hydrogen-bond donors (Lipinski definition) is 2. The molecule has 2 N–H and O–H groups in total. The lowest BCUT2D eigenvalue weighted by atomic mass is 9.90. The number of nitrogens with one attached hydrogen (secondary N) is 1. The number of carbonyl (C=O) groups is 1. The van der Waals surface area contributed by atoms with Crippen molar-refractivity contribution in [1.82, 2.24) is 24.0 Å². The summed E-state index contributed by atoms with van der Waals surface area (Å²) in [5.74, 6) is 0.471. The van der Waals surface area contributed by atoms with E-state index in [1.807, 2.05) is 24.4 Å². The van der Waals surface area contributed by atoms with Crippen LogP contribution in [0, 0.1) is 5.41 Å². The summed E-state index contributed by atoms with van der Waals surface area (Å²) >= 11 is 0. The normalized spacial score (nSPS) is 19.3. The maximum Gasteiger partial charge on any atom is 0.275 e. The molecule has 12 heteroatoms. The van der Waals surface area contributed by atoms with Crippen LogP contribution in [0.15, 0.2) is 53.8 Å². The molecule has 8 rings (SSSR count). The van der Waals surface area contributed by atoms with E-state index in [0.717, 1.165) is 57.9 Å². The van der Waals surface area contributed by atoms with Crippen LogP contribution in [0.25, 0.3) is 11.1 Å². The van der Waals surface area contributed by atoms with E-state index in [4.69, 9.17) is 4.74 Å². The topological polar surface area (TPSA) is 121 Å². The zero-order valence-electron chi connectivity index (χ0n) is 27.8. The van der Waals surface area contributed by atoms with Crippen LogP contribution >= 0.6 is 0 Å². The molecule has 250 valence electrons. The Kier molecular flexibility index (Phi) is 7.61. The summed E-state index contributed by atoms with van der Waals surface area (Å²) in [5.41, 5.74) is 7.13. The van der Waals surface area contributed by atoms with Gasteiger partial charge in [0.1, 0.15) is 17.2 Å². The summed E-state index contributed by atoms with van der Waals surface area (Å²) in [6.45, 7) is 11.0. The van der Waals surface area contributed by atoms with Gasteiger partial charge in [-0.2, -0.15) is 0 Å². The lowest BCUT2D eigenvalue weighted by molar-refractivity contribution is -0.0660. The molecule has 7 heterocycles. The number of anilines is 4. The molecule has 2 saturated heterocycles. The molecule has 4 aliphatic rings.